The molecule has 0 bridgehead atoms. The van der Waals surface area contributed by atoms with Crippen molar-refractivity contribution >= 4 is 15.8 Å². The summed E-state index contributed by atoms with van der Waals surface area (Å²) in [6.07, 6.45) is 1.38. The number of rotatable bonds is 5. The topological polar surface area (TPSA) is 110 Å². The minimum Gasteiger partial charge on any atom is -0.466 e. The number of hydrogen-bond donors (Lipinski definition) is 3. The Morgan fingerprint density at radius 3 is 2.62 bits per heavy atom. The first-order valence-corrected chi connectivity index (χ1v) is 7.83. The molecule has 0 aliphatic heterocycles. The molecule has 0 spiro atoms. The lowest BCUT2D eigenvalue weighted by atomic mass is 10.1. The highest BCUT2D eigenvalue weighted by atomic mass is 32.2. The van der Waals surface area contributed by atoms with Crippen LogP contribution in [0.25, 0.3) is 0 Å². The quantitative estimate of drug-likeness (QED) is 0.571. The Hall–Kier alpha value is -1.90. The summed E-state index contributed by atoms with van der Waals surface area (Å²) in [5.41, 5.74) is 3.13. The van der Waals surface area contributed by atoms with Crippen LogP contribution in [0.1, 0.15) is 30.0 Å². The highest BCUT2D eigenvalue weighted by molar-refractivity contribution is 7.89. The average molecular weight is 310 g/mol. The second kappa shape index (κ2) is 5.84. The van der Waals surface area contributed by atoms with Crippen molar-refractivity contribution in [1.29, 1.82) is 0 Å². The smallest absolute Gasteiger partial charge is 0.241 e. The van der Waals surface area contributed by atoms with E-state index < -0.39 is 16.1 Å². The molecule has 0 aliphatic rings. The monoisotopic (exact) mass is 310 g/mol. The van der Waals surface area contributed by atoms with E-state index in [9.17, 15) is 8.42 Å². The minimum atomic E-state index is -3.67. The zero-order valence-electron chi connectivity index (χ0n) is 12.0. The van der Waals surface area contributed by atoms with Crippen molar-refractivity contribution in [3.63, 3.8) is 0 Å². The molecule has 8 heteroatoms. The average Bonchev–Trinajstić information content (AvgIpc) is 2.77. The Bertz CT molecular complexity index is 740. The fraction of sp³-hybridized carbons (Fsp3) is 0.308. The van der Waals surface area contributed by atoms with Gasteiger partial charge in [-0.2, -0.15) is 0 Å². The first-order chi connectivity index (χ1) is 9.83. The van der Waals surface area contributed by atoms with Crippen LogP contribution in [0.3, 0.4) is 0 Å². The predicted octanol–water partition coefficient (Wildman–Crippen LogP) is 1.62. The van der Waals surface area contributed by atoms with E-state index in [4.69, 9.17) is 10.3 Å². The number of furan rings is 1. The zero-order chi connectivity index (χ0) is 15.6. The maximum atomic E-state index is 12.4. The van der Waals surface area contributed by atoms with E-state index in [-0.39, 0.29) is 10.7 Å². The van der Waals surface area contributed by atoms with Crippen LogP contribution in [-0.2, 0) is 10.0 Å². The van der Waals surface area contributed by atoms with E-state index in [0.717, 1.165) is 11.3 Å². The van der Waals surface area contributed by atoms with Crippen LogP contribution in [0.15, 0.2) is 33.7 Å². The maximum absolute atomic E-state index is 12.4. The molecule has 2 aromatic rings. The van der Waals surface area contributed by atoms with Crippen molar-refractivity contribution in [3.05, 3.63) is 41.5 Å². The van der Waals surface area contributed by atoms with Gasteiger partial charge in [-0.3, -0.25) is 0 Å². The fourth-order valence-electron chi connectivity index (χ4n) is 2.10. The van der Waals surface area contributed by atoms with Crippen LogP contribution in [0.4, 0.5) is 5.82 Å². The van der Waals surface area contributed by atoms with Gasteiger partial charge in [0.15, 0.2) is 0 Å². The van der Waals surface area contributed by atoms with Gasteiger partial charge < -0.3 is 9.84 Å². The molecule has 0 aromatic carbocycles. The van der Waals surface area contributed by atoms with Gasteiger partial charge in [-0.1, -0.05) is 0 Å². The van der Waals surface area contributed by atoms with Crippen molar-refractivity contribution < 1.29 is 12.8 Å². The summed E-state index contributed by atoms with van der Waals surface area (Å²) in [4.78, 5) is 3.98. The van der Waals surface area contributed by atoms with Crippen LogP contribution in [-0.4, -0.2) is 13.4 Å². The van der Waals surface area contributed by atoms with Gasteiger partial charge in [-0.05, 0) is 32.9 Å². The van der Waals surface area contributed by atoms with Crippen molar-refractivity contribution in [1.82, 2.24) is 9.71 Å². The van der Waals surface area contributed by atoms with Crippen molar-refractivity contribution in [2.75, 3.05) is 5.43 Å². The highest BCUT2D eigenvalue weighted by Gasteiger charge is 2.21. The second-order valence-electron chi connectivity index (χ2n) is 4.73. The lowest BCUT2D eigenvalue weighted by Gasteiger charge is -2.14. The number of aryl methyl sites for hydroxylation is 2. The third-order valence-corrected chi connectivity index (χ3v) is 4.61. The number of nitrogens with zero attached hydrogens (tertiary/aromatic N) is 1. The summed E-state index contributed by atoms with van der Waals surface area (Å²) in [7, 11) is -3.67. The van der Waals surface area contributed by atoms with E-state index in [1.807, 2.05) is 13.0 Å². The van der Waals surface area contributed by atoms with Gasteiger partial charge in [0, 0.05) is 23.9 Å². The molecule has 4 N–H and O–H groups in total. The number of nitrogens with one attached hydrogen (secondary N) is 2. The normalized spacial score (nSPS) is 13.1. The Morgan fingerprint density at radius 1 is 1.33 bits per heavy atom. The predicted molar refractivity (Wildman–Crippen MR) is 79.0 cm³/mol. The van der Waals surface area contributed by atoms with E-state index >= 15 is 0 Å². The summed E-state index contributed by atoms with van der Waals surface area (Å²) in [6, 6.07) is 4.18. The van der Waals surface area contributed by atoms with Crippen LogP contribution in [0.2, 0.25) is 0 Å². The molecule has 0 radical (unpaired) electrons. The molecule has 0 saturated carbocycles. The first-order valence-electron chi connectivity index (χ1n) is 6.35. The molecule has 0 fully saturated rings. The summed E-state index contributed by atoms with van der Waals surface area (Å²) < 4.78 is 32.8. The molecular weight excluding hydrogens is 292 g/mol. The van der Waals surface area contributed by atoms with Crippen molar-refractivity contribution in [2.24, 2.45) is 5.84 Å². The Labute approximate surface area is 123 Å². The summed E-state index contributed by atoms with van der Waals surface area (Å²) in [5, 5.41) is 0. The summed E-state index contributed by atoms with van der Waals surface area (Å²) in [5.74, 6) is 6.95. The molecule has 0 saturated heterocycles. The number of hydrogen-bond acceptors (Lipinski definition) is 6. The standard InChI is InChI=1S/C13H18N4O3S/c1-8-6-12(10(3)20-8)9(2)17-21(18,19)11-4-5-15-13(7-11)16-14/h4-7,9,17H,14H2,1-3H3,(H,15,16). The number of nitrogen functional groups attached to an aromatic ring is 1. The third-order valence-electron chi connectivity index (χ3n) is 3.07. The molecular formula is C13H18N4O3S. The van der Waals surface area contributed by atoms with E-state index in [1.54, 1.807) is 13.8 Å². The Kier molecular flexibility index (Phi) is 4.31. The molecule has 1 atom stereocenters. The minimum absolute atomic E-state index is 0.0927. The summed E-state index contributed by atoms with van der Waals surface area (Å²) >= 11 is 0. The van der Waals surface area contributed by atoms with E-state index in [1.165, 1.54) is 18.3 Å². The number of anilines is 1. The van der Waals surface area contributed by atoms with Gasteiger partial charge in [0.25, 0.3) is 0 Å². The molecule has 114 valence electrons. The van der Waals surface area contributed by atoms with Gasteiger partial charge in [0.1, 0.15) is 17.3 Å². The highest BCUT2D eigenvalue weighted by Crippen LogP contribution is 2.23. The van der Waals surface area contributed by atoms with Gasteiger partial charge in [-0.15, -0.1) is 0 Å². The number of sulfonamides is 1. The molecule has 21 heavy (non-hydrogen) atoms. The van der Waals surface area contributed by atoms with Gasteiger partial charge in [0.2, 0.25) is 10.0 Å². The first kappa shape index (κ1) is 15.5. The molecule has 1 unspecified atom stereocenters. The van der Waals surface area contributed by atoms with Crippen LogP contribution in [0, 0.1) is 13.8 Å². The molecule has 0 amide bonds. The molecule has 7 nitrogen and oxygen atoms in total. The van der Waals surface area contributed by atoms with Crippen molar-refractivity contribution in [3.8, 4) is 0 Å². The number of nitrogens with two attached hydrogens (primary N) is 1. The van der Waals surface area contributed by atoms with Crippen molar-refractivity contribution in [2.45, 2.75) is 31.7 Å². The Morgan fingerprint density at radius 2 is 2.05 bits per heavy atom. The van der Waals surface area contributed by atoms with Gasteiger partial charge in [0.05, 0.1) is 4.90 Å². The van der Waals surface area contributed by atoms with E-state index in [2.05, 4.69) is 15.1 Å². The molecule has 2 aromatic heterocycles. The number of aromatic nitrogens is 1. The SMILES string of the molecule is Cc1cc(C(C)NS(=O)(=O)c2ccnc(NN)c2)c(C)o1. The Balaban J connectivity index is 2.26. The van der Waals surface area contributed by atoms with Crippen LogP contribution in [0.5, 0.6) is 0 Å². The lowest BCUT2D eigenvalue weighted by molar-refractivity contribution is 0.496. The zero-order valence-corrected chi connectivity index (χ0v) is 12.9. The van der Waals surface area contributed by atoms with E-state index in [0.29, 0.717) is 5.76 Å². The number of hydrazine groups is 1. The van der Waals surface area contributed by atoms with Crippen LogP contribution >= 0.6 is 0 Å². The maximum Gasteiger partial charge on any atom is 0.241 e. The molecule has 0 aliphatic carbocycles. The van der Waals surface area contributed by atoms with Gasteiger partial charge in [-0.25, -0.2) is 24.0 Å². The summed E-state index contributed by atoms with van der Waals surface area (Å²) in [6.45, 7) is 5.38. The fourth-order valence-corrected chi connectivity index (χ4v) is 3.34. The second-order valence-corrected chi connectivity index (χ2v) is 6.45. The molecule has 2 rings (SSSR count). The largest absolute Gasteiger partial charge is 0.466 e. The third kappa shape index (κ3) is 3.41. The number of pyridine rings is 1. The van der Waals surface area contributed by atoms with Gasteiger partial charge >= 0.3 is 0 Å². The van der Waals surface area contributed by atoms with Crippen LogP contribution < -0.4 is 16.0 Å². The molecule has 2 heterocycles. The lowest BCUT2D eigenvalue weighted by Crippen LogP contribution is -2.27.